The summed E-state index contributed by atoms with van der Waals surface area (Å²) in [6.07, 6.45) is 0. The fourth-order valence-corrected chi connectivity index (χ4v) is 1.72. The zero-order chi connectivity index (χ0) is 6.15. The Morgan fingerprint density at radius 1 is 1.88 bits per heavy atom. The van der Waals surface area contributed by atoms with Gasteiger partial charge in [-0.1, -0.05) is 18.7 Å². The Balaban J connectivity index is 2.51. The van der Waals surface area contributed by atoms with Crippen LogP contribution in [0.2, 0.25) is 0 Å². The molecule has 0 unspecified atom stereocenters. The topological polar surface area (TPSA) is 27.1 Å². The summed E-state index contributed by atoms with van der Waals surface area (Å²) < 4.78 is 0. The number of thioether (sulfide) groups is 1. The van der Waals surface area contributed by atoms with E-state index in [1.807, 2.05) is 11.9 Å². The summed E-state index contributed by atoms with van der Waals surface area (Å²) in [4.78, 5) is 1.97. The van der Waals surface area contributed by atoms with E-state index in [9.17, 15) is 0 Å². The number of hydrogen-bond acceptors (Lipinski definition) is 2. The molecule has 1 N–H and O–H groups in total. The Labute approximate surface area is 53.8 Å². The van der Waals surface area contributed by atoms with Crippen molar-refractivity contribution in [2.45, 2.75) is 12.2 Å². The first kappa shape index (κ1) is 5.95. The monoisotopic (exact) mass is 130 g/mol. The molecule has 0 aliphatic carbocycles. The van der Waals surface area contributed by atoms with Gasteiger partial charge in [0.1, 0.15) is 0 Å². The van der Waals surface area contributed by atoms with Gasteiger partial charge in [-0.15, -0.1) is 0 Å². The smallest absolute Gasteiger partial charge is 0.156 e. The van der Waals surface area contributed by atoms with Gasteiger partial charge in [0.15, 0.2) is 5.17 Å². The van der Waals surface area contributed by atoms with Crippen molar-refractivity contribution < 1.29 is 0 Å². The van der Waals surface area contributed by atoms with Gasteiger partial charge in [0.25, 0.3) is 0 Å². The third-order valence-corrected chi connectivity index (χ3v) is 2.28. The normalized spacial score (nSPS) is 29.5. The van der Waals surface area contributed by atoms with E-state index >= 15 is 0 Å². The molecule has 0 aromatic carbocycles. The zero-order valence-electron chi connectivity index (χ0n) is 5.14. The molecule has 0 amide bonds. The molecule has 0 aromatic heterocycles. The second-order valence-electron chi connectivity index (χ2n) is 2.11. The first-order chi connectivity index (χ1) is 3.70. The highest BCUT2D eigenvalue weighted by Gasteiger charge is 2.19. The molecule has 1 rings (SSSR count). The lowest BCUT2D eigenvalue weighted by molar-refractivity contribution is 0.530. The van der Waals surface area contributed by atoms with Gasteiger partial charge in [-0.05, 0) is 0 Å². The Morgan fingerprint density at radius 2 is 2.50 bits per heavy atom. The van der Waals surface area contributed by atoms with Crippen LogP contribution in [0.3, 0.4) is 0 Å². The van der Waals surface area contributed by atoms with E-state index in [4.69, 9.17) is 5.41 Å². The maximum atomic E-state index is 7.27. The maximum Gasteiger partial charge on any atom is 0.156 e. The quantitative estimate of drug-likeness (QED) is 0.529. The molecule has 0 bridgehead atoms. The third-order valence-electron chi connectivity index (χ3n) is 1.19. The van der Waals surface area contributed by atoms with Gasteiger partial charge in [0, 0.05) is 18.8 Å². The number of nitrogens with one attached hydrogen (secondary N) is 1. The summed E-state index contributed by atoms with van der Waals surface area (Å²) in [5.74, 6) is 0. The third kappa shape index (κ3) is 0.968. The highest BCUT2D eigenvalue weighted by molar-refractivity contribution is 8.14. The summed E-state index contributed by atoms with van der Waals surface area (Å²) in [5.41, 5.74) is 0. The van der Waals surface area contributed by atoms with E-state index < -0.39 is 0 Å². The van der Waals surface area contributed by atoms with Gasteiger partial charge in [-0.2, -0.15) is 0 Å². The summed E-state index contributed by atoms with van der Waals surface area (Å²) in [6.45, 7) is 3.17. The number of hydrogen-bond donors (Lipinski definition) is 1. The fraction of sp³-hybridized carbons (Fsp3) is 0.800. The van der Waals surface area contributed by atoms with Crippen LogP contribution in [0.5, 0.6) is 0 Å². The van der Waals surface area contributed by atoms with Crippen molar-refractivity contribution in [3.63, 3.8) is 0 Å². The summed E-state index contributed by atoms with van der Waals surface area (Å²) in [5, 5.41) is 8.60. The Kier molecular flexibility index (Phi) is 1.47. The van der Waals surface area contributed by atoms with E-state index in [2.05, 4.69) is 6.92 Å². The lowest BCUT2D eigenvalue weighted by atomic mass is 10.4. The minimum atomic E-state index is 0.618. The van der Waals surface area contributed by atoms with Crippen LogP contribution in [0.4, 0.5) is 0 Å². The van der Waals surface area contributed by atoms with Crippen molar-refractivity contribution in [2.24, 2.45) is 0 Å². The molecule has 1 saturated heterocycles. The highest BCUT2D eigenvalue weighted by Crippen LogP contribution is 2.21. The first-order valence-electron chi connectivity index (χ1n) is 2.66. The van der Waals surface area contributed by atoms with Gasteiger partial charge in [-0.3, -0.25) is 5.41 Å². The average Bonchev–Trinajstić information content (AvgIpc) is 1.85. The van der Waals surface area contributed by atoms with E-state index in [1.54, 1.807) is 11.8 Å². The minimum absolute atomic E-state index is 0.618. The molecule has 1 heterocycles. The molecule has 1 fully saturated rings. The van der Waals surface area contributed by atoms with Crippen molar-refractivity contribution in [3.05, 3.63) is 0 Å². The van der Waals surface area contributed by atoms with Crippen LogP contribution in [0.25, 0.3) is 0 Å². The second-order valence-corrected chi connectivity index (χ2v) is 3.54. The van der Waals surface area contributed by atoms with E-state index in [-0.39, 0.29) is 0 Å². The standard InChI is InChI=1S/C5H10N2S/c1-4-3-7(2)5(6)8-4/h4,6H,3H2,1-2H3/t4-/m0/s1. The van der Waals surface area contributed by atoms with Crippen LogP contribution in [-0.2, 0) is 0 Å². The van der Waals surface area contributed by atoms with Crippen molar-refractivity contribution in [1.82, 2.24) is 4.90 Å². The fourth-order valence-electron chi connectivity index (χ4n) is 0.786. The minimum Gasteiger partial charge on any atom is -0.354 e. The van der Waals surface area contributed by atoms with Crippen LogP contribution in [0, 0.1) is 5.41 Å². The lowest BCUT2D eigenvalue weighted by Gasteiger charge is -2.05. The van der Waals surface area contributed by atoms with Crippen LogP contribution < -0.4 is 0 Å². The summed E-state index contributed by atoms with van der Waals surface area (Å²) in [7, 11) is 1.96. The molecular formula is C5H10N2S. The zero-order valence-corrected chi connectivity index (χ0v) is 5.96. The number of nitrogens with zero attached hydrogens (tertiary/aromatic N) is 1. The van der Waals surface area contributed by atoms with Crippen molar-refractivity contribution >= 4 is 16.9 Å². The SMILES string of the molecule is C[C@H]1CN(C)C(=N)S1. The predicted octanol–water partition coefficient (Wildman–Crippen LogP) is 0.988. The Hall–Kier alpha value is -0.180. The van der Waals surface area contributed by atoms with E-state index in [0.29, 0.717) is 10.4 Å². The van der Waals surface area contributed by atoms with Crippen molar-refractivity contribution in [2.75, 3.05) is 13.6 Å². The van der Waals surface area contributed by atoms with Gasteiger partial charge in [-0.25, -0.2) is 0 Å². The molecule has 0 spiro atoms. The predicted molar refractivity (Wildman–Crippen MR) is 37.4 cm³/mol. The molecule has 1 atom stereocenters. The number of rotatable bonds is 0. The van der Waals surface area contributed by atoms with Gasteiger partial charge in [0.05, 0.1) is 0 Å². The second kappa shape index (κ2) is 1.97. The molecule has 8 heavy (non-hydrogen) atoms. The van der Waals surface area contributed by atoms with E-state index in [1.165, 1.54) is 0 Å². The van der Waals surface area contributed by atoms with Crippen LogP contribution >= 0.6 is 11.8 Å². The van der Waals surface area contributed by atoms with Crippen LogP contribution in [0.15, 0.2) is 0 Å². The van der Waals surface area contributed by atoms with Crippen molar-refractivity contribution in [3.8, 4) is 0 Å². The summed E-state index contributed by atoms with van der Waals surface area (Å²) >= 11 is 1.64. The molecule has 46 valence electrons. The van der Waals surface area contributed by atoms with Gasteiger partial charge in [0.2, 0.25) is 0 Å². The molecule has 1 aliphatic heterocycles. The van der Waals surface area contributed by atoms with E-state index in [0.717, 1.165) is 6.54 Å². The summed E-state index contributed by atoms with van der Waals surface area (Å²) in [6, 6.07) is 0. The first-order valence-corrected chi connectivity index (χ1v) is 3.54. The molecule has 3 heteroatoms. The number of amidine groups is 1. The Morgan fingerprint density at radius 3 is 2.62 bits per heavy atom. The highest BCUT2D eigenvalue weighted by atomic mass is 32.2. The molecule has 0 saturated carbocycles. The van der Waals surface area contributed by atoms with Gasteiger partial charge < -0.3 is 4.90 Å². The lowest BCUT2D eigenvalue weighted by Crippen LogP contribution is -2.18. The molecule has 1 aliphatic rings. The average molecular weight is 130 g/mol. The van der Waals surface area contributed by atoms with Gasteiger partial charge >= 0.3 is 0 Å². The van der Waals surface area contributed by atoms with Crippen LogP contribution in [0.1, 0.15) is 6.92 Å². The van der Waals surface area contributed by atoms with Crippen LogP contribution in [-0.4, -0.2) is 28.9 Å². The molecular weight excluding hydrogens is 120 g/mol. The molecule has 0 aromatic rings. The van der Waals surface area contributed by atoms with Crippen molar-refractivity contribution in [1.29, 1.82) is 5.41 Å². The molecule has 2 nitrogen and oxygen atoms in total. The molecule has 0 radical (unpaired) electrons. The maximum absolute atomic E-state index is 7.27. The largest absolute Gasteiger partial charge is 0.354 e. The Bertz CT molecular complexity index is 113.